The summed E-state index contributed by atoms with van der Waals surface area (Å²) in [5, 5.41) is 9.42. The second-order valence-electron chi connectivity index (χ2n) is 4.06. The quantitative estimate of drug-likeness (QED) is 0.511. The zero-order valence-electron chi connectivity index (χ0n) is 5.46. The maximum Gasteiger partial charge on any atom is 0.0602 e. The first-order valence-electron chi connectivity index (χ1n) is 4.04. The largest absolute Gasteiger partial charge is 0.393 e. The van der Waals surface area contributed by atoms with Crippen molar-refractivity contribution in [3.05, 3.63) is 0 Å². The predicted octanol–water partition coefficient (Wildman–Crippen LogP) is 1.02. The number of hydrogen-bond acceptors (Lipinski definition) is 1. The summed E-state index contributed by atoms with van der Waals surface area (Å²) in [4.78, 5) is 0. The van der Waals surface area contributed by atoms with E-state index >= 15 is 0 Å². The van der Waals surface area contributed by atoms with Gasteiger partial charge in [-0.25, -0.2) is 0 Å². The molecule has 0 amide bonds. The molecule has 9 heavy (non-hydrogen) atoms. The highest BCUT2D eigenvalue weighted by molar-refractivity contribution is 5.09. The summed E-state index contributed by atoms with van der Waals surface area (Å²) in [7, 11) is 0. The first kappa shape index (κ1) is 4.73. The minimum Gasteiger partial charge on any atom is -0.393 e. The number of rotatable bonds is 0. The average molecular weight is 124 g/mol. The molecule has 3 aliphatic carbocycles. The molecular weight excluding hydrogens is 112 g/mol. The lowest BCUT2D eigenvalue weighted by Gasteiger charge is -2.47. The first-order chi connectivity index (χ1) is 4.36. The number of fused-ring (bicyclic) bond motifs is 1. The maximum atomic E-state index is 9.42. The van der Waals surface area contributed by atoms with E-state index in [1.165, 1.54) is 19.3 Å². The van der Waals surface area contributed by atoms with Crippen molar-refractivity contribution in [2.45, 2.75) is 25.4 Å². The van der Waals surface area contributed by atoms with Crippen LogP contribution in [0.15, 0.2) is 0 Å². The normalized spacial score (nSPS) is 68.3. The summed E-state index contributed by atoms with van der Waals surface area (Å²) in [5.74, 6) is 3.47. The molecule has 0 aliphatic heterocycles. The van der Waals surface area contributed by atoms with Gasteiger partial charge in [-0.05, 0) is 42.9 Å². The molecule has 50 valence electrons. The van der Waals surface area contributed by atoms with E-state index in [1.807, 2.05) is 0 Å². The summed E-state index contributed by atoms with van der Waals surface area (Å²) in [6.07, 6.45) is 4.27. The highest BCUT2D eigenvalue weighted by Crippen LogP contribution is 2.63. The van der Waals surface area contributed by atoms with Gasteiger partial charge in [-0.15, -0.1) is 0 Å². The van der Waals surface area contributed by atoms with Gasteiger partial charge in [0.2, 0.25) is 0 Å². The van der Waals surface area contributed by atoms with E-state index in [-0.39, 0.29) is 6.10 Å². The van der Waals surface area contributed by atoms with Gasteiger partial charge in [-0.3, -0.25) is 0 Å². The van der Waals surface area contributed by atoms with Gasteiger partial charge in [-0.1, -0.05) is 0 Å². The Morgan fingerprint density at radius 2 is 1.44 bits per heavy atom. The van der Waals surface area contributed by atoms with Crippen LogP contribution in [0, 0.1) is 23.7 Å². The van der Waals surface area contributed by atoms with Crippen LogP contribution in [0.25, 0.3) is 0 Å². The summed E-state index contributed by atoms with van der Waals surface area (Å²) in [6.45, 7) is 0. The topological polar surface area (TPSA) is 20.2 Å². The smallest absolute Gasteiger partial charge is 0.0602 e. The van der Waals surface area contributed by atoms with E-state index in [1.54, 1.807) is 0 Å². The molecule has 0 radical (unpaired) electrons. The Bertz CT molecular complexity index is 141. The zero-order valence-corrected chi connectivity index (χ0v) is 5.46. The molecule has 3 aliphatic rings. The standard InChI is InChI=1S/C8H12O/c9-8-6-2-4-1-5(6)7(8)3-4/h4-9H,1-3H2/t4?,5?,6-,7?,8?/m0/s1. The number of hydrogen-bond donors (Lipinski definition) is 1. The third-order valence-corrected chi connectivity index (χ3v) is 3.79. The Hall–Kier alpha value is -0.0400. The minimum absolute atomic E-state index is 0.119. The SMILES string of the molecule is OC1C2CC3CC2[C@@H]1C3. The summed E-state index contributed by atoms with van der Waals surface area (Å²) < 4.78 is 0. The Kier molecular flexibility index (Phi) is 0.628. The van der Waals surface area contributed by atoms with Gasteiger partial charge in [0.05, 0.1) is 6.10 Å². The molecular formula is C8H12O. The van der Waals surface area contributed by atoms with Crippen molar-refractivity contribution in [3.63, 3.8) is 0 Å². The highest BCUT2D eigenvalue weighted by atomic mass is 16.3. The highest BCUT2D eigenvalue weighted by Gasteiger charge is 2.60. The third-order valence-electron chi connectivity index (χ3n) is 3.79. The average Bonchev–Trinajstić information content (AvgIpc) is 2.40. The van der Waals surface area contributed by atoms with Crippen molar-refractivity contribution in [2.75, 3.05) is 0 Å². The molecule has 0 heterocycles. The summed E-state index contributed by atoms with van der Waals surface area (Å²) in [6, 6.07) is 0. The van der Waals surface area contributed by atoms with Crippen molar-refractivity contribution < 1.29 is 5.11 Å². The molecule has 3 fully saturated rings. The van der Waals surface area contributed by atoms with Crippen LogP contribution in [0.1, 0.15) is 19.3 Å². The van der Waals surface area contributed by atoms with Crippen molar-refractivity contribution in [3.8, 4) is 0 Å². The van der Waals surface area contributed by atoms with Crippen LogP contribution in [0.3, 0.4) is 0 Å². The lowest BCUT2D eigenvalue weighted by atomic mass is 9.61. The van der Waals surface area contributed by atoms with Crippen LogP contribution < -0.4 is 0 Å². The van der Waals surface area contributed by atoms with Gasteiger partial charge >= 0.3 is 0 Å². The van der Waals surface area contributed by atoms with E-state index < -0.39 is 0 Å². The zero-order chi connectivity index (χ0) is 6.01. The molecule has 5 atom stereocenters. The molecule has 1 nitrogen and oxygen atoms in total. The first-order valence-corrected chi connectivity index (χ1v) is 4.04. The fraction of sp³-hybridized carbons (Fsp3) is 1.00. The van der Waals surface area contributed by atoms with Gasteiger partial charge in [0.25, 0.3) is 0 Å². The second-order valence-corrected chi connectivity index (χ2v) is 4.06. The third kappa shape index (κ3) is 0.362. The van der Waals surface area contributed by atoms with Gasteiger partial charge in [0, 0.05) is 0 Å². The molecule has 3 saturated carbocycles. The molecule has 4 unspecified atom stereocenters. The Labute approximate surface area is 55.1 Å². The molecule has 2 bridgehead atoms. The summed E-state index contributed by atoms with van der Waals surface area (Å²) in [5.41, 5.74) is 0. The monoisotopic (exact) mass is 124 g/mol. The minimum atomic E-state index is 0.119. The molecule has 1 N–H and O–H groups in total. The van der Waals surface area contributed by atoms with Gasteiger partial charge in [0.15, 0.2) is 0 Å². The van der Waals surface area contributed by atoms with E-state index in [9.17, 15) is 5.11 Å². The summed E-state index contributed by atoms with van der Waals surface area (Å²) >= 11 is 0. The lowest BCUT2D eigenvalue weighted by molar-refractivity contribution is -0.0955. The Morgan fingerprint density at radius 1 is 0.889 bits per heavy atom. The number of aliphatic hydroxyl groups excluding tert-OH is 1. The van der Waals surface area contributed by atoms with Crippen molar-refractivity contribution >= 4 is 0 Å². The fourth-order valence-electron chi connectivity index (χ4n) is 3.42. The van der Waals surface area contributed by atoms with Crippen LogP contribution in [0.4, 0.5) is 0 Å². The van der Waals surface area contributed by atoms with Gasteiger partial charge in [-0.2, -0.15) is 0 Å². The van der Waals surface area contributed by atoms with Gasteiger partial charge < -0.3 is 5.11 Å². The van der Waals surface area contributed by atoms with Crippen LogP contribution in [-0.2, 0) is 0 Å². The number of aliphatic hydroxyl groups is 1. The van der Waals surface area contributed by atoms with Crippen molar-refractivity contribution in [2.24, 2.45) is 23.7 Å². The lowest BCUT2D eigenvalue weighted by Crippen LogP contribution is -2.49. The van der Waals surface area contributed by atoms with Crippen molar-refractivity contribution in [1.82, 2.24) is 0 Å². The van der Waals surface area contributed by atoms with Crippen molar-refractivity contribution in [1.29, 1.82) is 0 Å². The van der Waals surface area contributed by atoms with E-state index in [0.29, 0.717) is 0 Å². The van der Waals surface area contributed by atoms with E-state index in [2.05, 4.69) is 0 Å². The van der Waals surface area contributed by atoms with Crippen LogP contribution in [0.2, 0.25) is 0 Å². The van der Waals surface area contributed by atoms with E-state index in [4.69, 9.17) is 0 Å². The van der Waals surface area contributed by atoms with E-state index in [0.717, 1.165) is 23.7 Å². The molecule has 0 aromatic heterocycles. The molecule has 3 rings (SSSR count). The van der Waals surface area contributed by atoms with Crippen LogP contribution >= 0.6 is 0 Å². The molecule has 0 aromatic rings. The molecule has 1 heteroatoms. The molecule has 0 spiro atoms. The molecule has 0 saturated heterocycles. The predicted molar refractivity (Wildman–Crippen MR) is 33.8 cm³/mol. The Balaban J connectivity index is 1.98. The van der Waals surface area contributed by atoms with Crippen LogP contribution in [0.5, 0.6) is 0 Å². The molecule has 0 aromatic carbocycles. The second kappa shape index (κ2) is 1.20. The maximum absolute atomic E-state index is 9.42. The van der Waals surface area contributed by atoms with Gasteiger partial charge in [0.1, 0.15) is 0 Å². The van der Waals surface area contributed by atoms with Crippen LogP contribution in [-0.4, -0.2) is 11.2 Å². The fourth-order valence-corrected chi connectivity index (χ4v) is 3.42. The Morgan fingerprint density at radius 3 is 1.78 bits per heavy atom.